The van der Waals surface area contributed by atoms with Gasteiger partial charge in [-0.25, -0.2) is 0 Å². The Bertz CT molecular complexity index is 402. The molecule has 108 valence electrons. The third-order valence-corrected chi connectivity index (χ3v) is 3.60. The predicted molar refractivity (Wildman–Crippen MR) is 80.0 cm³/mol. The highest BCUT2D eigenvalue weighted by Crippen LogP contribution is 2.24. The van der Waals surface area contributed by atoms with Crippen molar-refractivity contribution in [1.29, 1.82) is 0 Å². The summed E-state index contributed by atoms with van der Waals surface area (Å²) in [6.45, 7) is 6.34. The first kappa shape index (κ1) is 16.0. The number of nitrogens with one attached hydrogen (secondary N) is 1. The van der Waals surface area contributed by atoms with Crippen molar-refractivity contribution >= 4 is 0 Å². The topological polar surface area (TPSA) is 30.5 Å². The van der Waals surface area contributed by atoms with Crippen LogP contribution in [0.1, 0.15) is 31.4 Å². The van der Waals surface area contributed by atoms with Gasteiger partial charge in [-0.3, -0.25) is 0 Å². The van der Waals surface area contributed by atoms with Crippen molar-refractivity contribution in [3.63, 3.8) is 0 Å². The van der Waals surface area contributed by atoms with Gasteiger partial charge in [0.25, 0.3) is 0 Å². The first-order valence-electron chi connectivity index (χ1n) is 6.78. The van der Waals surface area contributed by atoms with E-state index < -0.39 is 0 Å². The molecule has 0 heterocycles. The van der Waals surface area contributed by atoms with E-state index in [0.29, 0.717) is 6.04 Å². The van der Waals surface area contributed by atoms with Gasteiger partial charge in [-0.05, 0) is 52.3 Å². The molecule has 1 aromatic rings. The lowest BCUT2D eigenvalue weighted by molar-refractivity contribution is 0.00768. The Hall–Kier alpha value is -1.06. The predicted octanol–water partition coefficient (Wildman–Crippen LogP) is 2.95. The zero-order valence-electron chi connectivity index (χ0n) is 13.0. The van der Waals surface area contributed by atoms with Crippen molar-refractivity contribution in [1.82, 2.24) is 5.32 Å². The molecule has 1 N–H and O–H groups in total. The quantitative estimate of drug-likeness (QED) is 0.822. The molecule has 0 aliphatic carbocycles. The summed E-state index contributed by atoms with van der Waals surface area (Å²) in [4.78, 5) is 0. The van der Waals surface area contributed by atoms with Gasteiger partial charge in [-0.15, -0.1) is 0 Å². The molecule has 0 radical (unpaired) electrons. The average Bonchev–Trinajstić information content (AvgIpc) is 2.38. The SMILES string of the molecule is CNC(Cc1cc(C)ccc1OC)CC(C)(C)OC. The van der Waals surface area contributed by atoms with Gasteiger partial charge in [-0.2, -0.15) is 0 Å². The van der Waals surface area contributed by atoms with E-state index in [4.69, 9.17) is 9.47 Å². The number of rotatable bonds is 7. The lowest BCUT2D eigenvalue weighted by atomic mass is 9.93. The number of hydrogen-bond donors (Lipinski definition) is 1. The van der Waals surface area contributed by atoms with E-state index in [-0.39, 0.29) is 5.60 Å². The summed E-state index contributed by atoms with van der Waals surface area (Å²) in [5.74, 6) is 0.959. The van der Waals surface area contributed by atoms with Gasteiger partial charge in [0.05, 0.1) is 12.7 Å². The number of likely N-dealkylation sites (N-methyl/N-ethyl adjacent to an activating group) is 1. The second-order valence-electron chi connectivity index (χ2n) is 5.67. The van der Waals surface area contributed by atoms with Gasteiger partial charge in [0, 0.05) is 13.2 Å². The van der Waals surface area contributed by atoms with Crippen LogP contribution in [-0.2, 0) is 11.2 Å². The Balaban J connectivity index is 2.83. The lowest BCUT2D eigenvalue weighted by Gasteiger charge is -2.28. The van der Waals surface area contributed by atoms with E-state index in [2.05, 4.69) is 38.2 Å². The minimum Gasteiger partial charge on any atom is -0.496 e. The zero-order chi connectivity index (χ0) is 14.5. The first-order valence-corrected chi connectivity index (χ1v) is 6.78. The van der Waals surface area contributed by atoms with Crippen LogP contribution in [0.5, 0.6) is 5.75 Å². The van der Waals surface area contributed by atoms with Crippen LogP contribution in [0, 0.1) is 6.92 Å². The molecule has 0 saturated heterocycles. The summed E-state index contributed by atoms with van der Waals surface area (Å²) in [6.07, 6.45) is 1.89. The molecule has 1 aromatic carbocycles. The highest BCUT2D eigenvalue weighted by atomic mass is 16.5. The van der Waals surface area contributed by atoms with E-state index in [1.165, 1.54) is 11.1 Å². The third kappa shape index (κ3) is 4.84. The van der Waals surface area contributed by atoms with Crippen molar-refractivity contribution in [2.75, 3.05) is 21.3 Å². The summed E-state index contributed by atoms with van der Waals surface area (Å²) in [6, 6.07) is 6.68. The molecule has 1 unspecified atom stereocenters. The van der Waals surface area contributed by atoms with E-state index >= 15 is 0 Å². The number of hydrogen-bond acceptors (Lipinski definition) is 3. The summed E-state index contributed by atoms with van der Waals surface area (Å²) in [7, 11) is 5.49. The molecular weight excluding hydrogens is 238 g/mol. The maximum absolute atomic E-state index is 5.52. The summed E-state index contributed by atoms with van der Waals surface area (Å²) >= 11 is 0. The molecule has 0 aromatic heterocycles. The Morgan fingerprint density at radius 3 is 2.47 bits per heavy atom. The molecule has 3 heteroatoms. The number of ether oxygens (including phenoxy) is 2. The molecule has 0 aliphatic rings. The van der Waals surface area contributed by atoms with Crippen LogP contribution < -0.4 is 10.1 Å². The maximum atomic E-state index is 5.52. The molecule has 0 spiro atoms. The highest BCUT2D eigenvalue weighted by Gasteiger charge is 2.22. The van der Waals surface area contributed by atoms with Gasteiger partial charge in [0.1, 0.15) is 5.75 Å². The maximum Gasteiger partial charge on any atom is 0.122 e. The normalized spacial score (nSPS) is 13.4. The molecule has 0 bridgehead atoms. The van der Waals surface area contributed by atoms with Crippen molar-refractivity contribution in [2.24, 2.45) is 0 Å². The van der Waals surface area contributed by atoms with Gasteiger partial charge in [0.15, 0.2) is 0 Å². The van der Waals surface area contributed by atoms with Crippen LogP contribution in [0.4, 0.5) is 0 Å². The van der Waals surface area contributed by atoms with Crippen LogP contribution in [0.2, 0.25) is 0 Å². The molecule has 0 fully saturated rings. The van der Waals surface area contributed by atoms with Crippen molar-refractivity contribution in [3.05, 3.63) is 29.3 Å². The van der Waals surface area contributed by atoms with Crippen LogP contribution in [0.25, 0.3) is 0 Å². The number of aryl methyl sites for hydroxylation is 1. The Kier molecular flexibility index (Phi) is 5.83. The zero-order valence-corrected chi connectivity index (χ0v) is 13.0. The average molecular weight is 265 g/mol. The molecule has 0 aliphatic heterocycles. The smallest absolute Gasteiger partial charge is 0.122 e. The summed E-state index contributed by atoms with van der Waals surface area (Å²) in [5.41, 5.74) is 2.38. The van der Waals surface area contributed by atoms with Crippen molar-refractivity contribution in [3.8, 4) is 5.75 Å². The number of benzene rings is 1. The van der Waals surface area contributed by atoms with Crippen molar-refractivity contribution in [2.45, 2.75) is 45.3 Å². The fourth-order valence-electron chi connectivity index (χ4n) is 2.29. The fraction of sp³-hybridized carbons (Fsp3) is 0.625. The molecule has 1 atom stereocenters. The van der Waals surface area contributed by atoms with Gasteiger partial charge in [0.2, 0.25) is 0 Å². The van der Waals surface area contributed by atoms with Gasteiger partial charge in [-0.1, -0.05) is 17.7 Å². The molecule has 0 amide bonds. The van der Waals surface area contributed by atoms with E-state index in [9.17, 15) is 0 Å². The minimum absolute atomic E-state index is 0.120. The lowest BCUT2D eigenvalue weighted by Crippen LogP contribution is -2.37. The monoisotopic (exact) mass is 265 g/mol. The van der Waals surface area contributed by atoms with Crippen molar-refractivity contribution < 1.29 is 9.47 Å². The molecule has 1 rings (SSSR count). The Morgan fingerprint density at radius 2 is 1.95 bits per heavy atom. The van der Waals surface area contributed by atoms with E-state index in [0.717, 1.165) is 18.6 Å². The second-order valence-corrected chi connectivity index (χ2v) is 5.67. The highest BCUT2D eigenvalue weighted by molar-refractivity contribution is 5.37. The largest absolute Gasteiger partial charge is 0.496 e. The van der Waals surface area contributed by atoms with Crippen LogP contribution in [-0.4, -0.2) is 32.9 Å². The van der Waals surface area contributed by atoms with Crippen LogP contribution in [0.15, 0.2) is 18.2 Å². The van der Waals surface area contributed by atoms with E-state index in [1.54, 1.807) is 14.2 Å². The van der Waals surface area contributed by atoms with Gasteiger partial charge < -0.3 is 14.8 Å². The standard InChI is InChI=1S/C16H27NO2/c1-12-7-8-15(18-5)13(9-12)10-14(17-4)11-16(2,3)19-6/h7-9,14,17H,10-11H2,1-6H3. The molecule has 3 nitrogen and oxygen atoms in total. The minimum atomic E-state index is -0.120. The second kappa shape index (κ2) is 6.92. The Labute approximate surface area is 117 Å². The number of methoxy groups -OCH3 is 2. The first-order chi connectivity index (χ1) is 8.91. The van der Waals surface area contributed by atoms with E-state index in [1.807, 2.05) is 13.1 Å². The fourth-order valence-corrected chi connectivity index (χ4v) is 2.29. The summed E-state index contributed by atoms with van der Waals surface area (Å²) in [5, 5.41) is 3.38. The van der Waals surface area contributed by atoms with Crippen LogP contribution >= 0.6 is 0 Å². The van der Waals surface area contributed by atoms with Crippen LogP contribution in [0.3, 0.4) is 0 Å². The molecular formula is C16H27NO2. The Morgan fingerprint density at radius 1 is 1.26 bits per heavy atom. The van der Waals surface area contributed by atoms with Gasteiger partial charge >= 0.3 is 0 Å². The molecule has 0 saturated carbocycles. The third-order valence-electron chi connectivity index (χ3n) is 3.60. The summed E-state index contributed by atoms with van der Waals surface area (Å²) < 4.78 is 11.0. The molecule has 19 heavy (non-hydrogen) atoms.